The number of carbonyl (C=O) groups is 2. The summed E-state index contributed by atoms with van der Waals surface area (Å²) in [7, 11) is -2.19. The van der Waals surface area contributed by atoms with Crippen LogP contribution in [0.4, 0.5) is 4.39 Å². The molecule has 2 amide bonds. The van der Waals surface area contributed by atoms with Crippen LogP contribution < -0.4 is 14.2 Å². The van der Waals surface area contributed by atoms with Gasteiger partial charge < -0.3 is 14.4 Å². The van der Waals surface area contributed by atoms with Crippen LogP contribution in [0.2, 0.25) is 0 Å². The maximum Gasteiger partial charge on any atom is 0.271 e. The Morgan fingerprint density at radius 1 is 1.08 bits per heavy atom. The van der Waals surface area contributed by atoms with Gasteiger partial charge in [0.15, 0.2) is 6.61 Å². The maximum atomic E-state index is 13.2. The molecule has 1 saturated heterocycles. The number of hydrogen-bond acceptors (Lipinski definition) is 7. The van der Waals surface area contributed by atoms with E-state index in [1.54, 1.807) is 30.3 Å². The molecule has 0 spiro atoms. The number of hydrogen-bond donors (Lipinski definition) is 1. The van der Waals surface area contributed by atoms with Crippen molar-refractivity contribution in [3.8, 4) is 11.5 Å². The number of ether oxygens (including phenoxy) is 2. The Balaban J connectivity index is 1.60. The van der Waals surface area contributed by atoms with E-state index < -0.39 is 22.5 Å². The van der Waals surface area contributed by atoms with E-state index >= 15 is 0 Å². The number of methoxy groups -OCH3 is 1. The van der Waals surface area contributed by atoms with Gasteiger partial charge in [0.1, 0.15) is 17.3 Å². The minimum Gasteiger partial charge on any atom is -0.497 e. The van der Waals surface area contributed by atoms with Gasteiger partial charge in [0.2, 0.25) is 15.9 Å². The molecule has 2 atom stereocenters. The molecule has 0 saturated carbocycles. The van der Waals surface area contributed by atoms with Crippen molar-refractivity contribution in [1.82, 2.24) is 14.5 Å². The zero-order valence-electron chi connectivity index (χ0n) is 21.6. The monoisotopic (exact) mass is 535 g/mol. The standard InChI is InChI=1S/C26H34FN3O6S/c1-18-15-30(19(2)14-29(18)16-20-5-9-22(27)10-6-20)26(32)12-8-21-7-11-23(35-3)13-24(21)36-17-25(31)28-37(4,33)34/h5-7,9-11,13,18-19H,8,12,14-17H2,1-4H3,(H,28,31)/t18-,19+/m0/s1. The van der Waals surface area contributed by atoms with Gasteiger partial charge in [-0.25, -0.2) is 12.8 Å². The van der Waals surface area contributed by atoms with Gasteiger partial charge in [0.05, 0.1) is 13.4 Å². The number of benzene rings is 2. The zero-order chi connectivity index (χ0) is 27.2. The van der Waals surface area contributed by atoms with Gasteiger partial charge in [-0.2, -0.15) is 0 Å². The van der Waals surface area contributed by atoms with Crippen LogP contribution in [-0.4, -0.2) is 75.2 Å². The molecule has 0 aliphatic carbocycles. The molecule has 0 aromatic heterocycles. The molecule has 37 heavy (non-hydrogen) atoms. The number of nitrogens with one attached hydrogen (secondary N) is 1. The Kier molecular flexibility index (Phi) is 9.50. The molecule has 1 fully saturated rings. The number of amides is 2. The lowest BCUT2D eigenvalue weighted by atomic mass is 10.0. The smallest absolute Gasteiger partial charge is 0.271 e. The van der Waals surface area contributed by atoms with E-state index in [2.05, 4.69) is 11.8 Å². The molecule has 1 aliphatic heterocycles. The number of sulfonamides is 1. The van der Waals surface area contributed by atoms with Crippen LogP contribution >= 0.6 is 0 Å². The SMILES string of the molecule is COc1ccc(CCC(=O)N2C[C@H](C)N(Cc3ccc(F)cc3)C[C@H]2C)c(OCC(=O)NS(C)(=O)=O)c1. The fourth-order valence-electron chi connectivity index (χ4n) is 4.36. The normalized spacial score (nSPS) is 18.4. The highest BCUT2D eigenvalue weighted by Gasteiger charge is 2.31. The number of carbonyl (C=O) groups excluding carboxylic acids is 2. The van der Waals surface area contributed by atoms with E-state index in [1.807, 2.05) is 16.5 Å². The molecule has 11 heteroatoms. The first-order valence-electron chi connectivity index (χ1n) is 12.0. The van der Waals surface area contributed by atoms with Crippen molar-refractivity contribution in [3.05, 3.63) is 59.4 Å². The Morgan fingerprint density at radius 2 is 1.78 bits per heavy atom. The molecule has 2 aromatic carbocycles. The van der Waals surface area contributed by atoms with Gasteiger partial charge >= 0.3 is 0 Å². The third-order valence-corrected chi connectivity index (χ3v) is 6.87. The predicted molar refractivity (Wildman–Crippen MR) is 137 cm³/mol. The van der Waals surface area contributed by atoms with Crippen LogP contribution in [0.5, 0.6) is 11.5 Å². The summed E-state index contributed by atoms with van der Waals surface area (Å²) in [5.41, 5.74) is 1.73. The highest BCUT2D eigenvalue weighted by molar-refractivity contribution is 7.89. The van der Waals surface area contributed by atoms with Crippen LogP contribution in [0.1, 0.15) is 31.4 Å². The molecule has 202 valence electrons. The number of rotatable bonds is 10. The fraction of sp³-hybridized carbons (Fsp3) is 0.462. The van der Waals surface area contributed by atoms with E-state index in [-0.39, 0.29) is 30.2 Å². The molecule has 0 radical (unpaired) electrons. The molecular formula is C26H34FN3O6S. The first-order valence-corrected chi connectivity index (χ1v) is 13.9. The number of nitrogens with zero attached hydrogens (tertiary/aromatic N) is 2. The Morgan fingerprint density at radius 3 is 2.43 bits per heavy atom. The summed E-state index contributed by atoms with van der Waals surface area (Å²) in [5, 5.41) is 0. The van der Waals surface area contributed by atoms with Crippen LogP contribution in [0.3, 0.4) is 0 Å². The molecule has 0 bridgehead atoms. The zero-order valence-corrected chi connectivity index (χ0v) is 22.4. The first kappa shape index (κ1) is 28.4. The Hall–Kier alpha value is -3.18. The largest absolute Gasteiger partial charge is 0.497 e. The van der Waals surface area contributed by atoms with Gasteiger partial charge in [-0.3, -0.25) is 19.2 Å². The second-order valence-corrected chi connectivity index (χ2v) is 11.1. The minimum absolute atomic E-state index is 0.00965. The van der Waals surface area contributed by atoms with Gasteiger partial charge in [0.25, 0.3) is 5.91 Å². The Bertz CT molecular complexity index is 1210. The van der Waals surface area contributed by atoms with Crippen LogP contribution in [0.15, 0.2) is 42.5 Å². The van der Waals surface area contributed by atoms with Crippen LogP contribution in [0, 0.1) is 5.82 Å². The predicted octanol–water partition coefficient (Wildman–Crippen LogP) is 2.34. The molecule has 0 unspecified atom stereocenters. The van der Waals surface area contributed by atoms with E-state index in [9.17, 15) is 22.4 Å². The van der Waals surface area contributed by atoms with E-state index in [0.717, 1.165) is 11.8 Å². The minimum atomic E-state index is -3.69. The number of aryl methyl sites for hydroxylation is 1. The van der Waals surface area contributed by atoms with Crippen molar-refractivity contribution in [2.75, 3.05) is 33.1 Å². The van der Waals surface area contributed by atoms with Gasteiger partial charge in [-0.15, -0.1) is 0 Å². The van der Waals surface area contributed by atoms with Gasteiger partial charge in [-0.05, 0) is 49.6 Å². The van der Waals surface area contributed by atoms with Gasteiger partial charge in [-0.1, -0.05) is 18.2 Å². The summed E-state index contributed by atoms with van der Waals surface area (Å²) in [6.07, 6.45) is 1.51. The molecular weight excluding hydrogens is 501 g/mol. The molecule has 1 heterocycles. The molecule has 1 aliphatic rings. The molecule has 9 nitrogen and oxygen atoms in total. The maximum absolute atomic E-state index is 13.2. The third-order valence-electron chi connectivity index (χ3n) is 6.27. The van der Waals surface area contributed by atoms with E-state index in [1.165, 1.54) is 19.2 Å². The van der Waals surface area contributed by atoms with E-state index in [0.29, 0.717) is 43.1 Å². The summed E-state index contributed by atoms with van der Waals surface area (Å²) in [6.45, 7) is 5.57. The average molecular weight is 536 g/mol. The molecule has 2 aromatic rings. The molecule has 1 N–H and O–H groups in total. The lowest BCUT2D eigenvalue weighted by molar-refractivity contribution is -0.137. The van der Waals surface area contributed by atoms with Gasteiger partial charge in [0, 0.05) is 44.2 Å². The second-order valence-electron chi connectivity index (χ2n) is 9.36. The van der Waals surface area contributed by atoms with Crippen molar-refractivity contribution in [1.29, 1.82) is 0 Å². The molecule has 3 rings (SSSR count). The van der Waals surface area contributed by atoms with Crippen molar-refractivity contribution >= 4 is 21.8 Å². The summed E-state index contributed by atoms with van der Waals surface area (Å²) >= 11 is 0. The summed E-state index contributed by atoms with van der Waals surface area (Å²) in [5.74, 6) is -0.191. The summed E-state index contributed by atoms with van der Waals surface area (Å²) < 4.78 is 48.4. The topological polar surface area (TPSA) is 105 Å². The number of halogens is 1. The average Bonchev–Trinajstić information content (AvgIpc) is 2.83. The van der Waals surface area contributed by atoms with Crippen LogP contribution in [0.25, 0.3) is 0 Å². The number of piperazine rings is 1. The van der Waals surface area contributed by atoms with Crippen molar-refractivity contribution in [2.24, 2.45) is 0 Å². The third kappa shape index (κ3) is 8.43. The van der Waals surface area contributed by atoms with Crippen LogP contribution in [-0.2, 0) is 32.6 Å². The Labute approximate surface area is 217 Å². The van der Waals surface area contributed by atoms with Crippen molar-refractivity contribution in [2.45, 2.75) is 45.3 Å². The second kappa shape index (κ2) is 12.4. The summed E-state index contributed by atoms with van der Waals surface area (Å²) in [4.78, 5) is 29.2. The highest BCUT2D eigenvalue weighted by atomic mass is 32.2. The van der Waals surface area contributed by atoms with Crippen molar-refractivity contribution in [3.63, 3.8) is 0 Å². The lowest BCUT2D eigenvalue weighted by Crippen LogP contribution is -2.57. The fourth-order valence-corrected chi connectivity index (χ4v) is 4.83. The first-order chi connectivity index (χ1) is 17.4. The lowest BCUT2D eigenvalue weighted by Gasteiger charge is -2.44. The van der Waals surface area contributed by atoms with Crippen molar-refractivity contribution < 1.29 is 31.9 Å². The highest BCUT2D eigenvalue weighted by Crippen LogP contribution is 2.27. The van der Waals surface area contributed by atoms with E-state index in [4.69, 9.17) is 9.47 Å². The summed E-state index contributed by atoms with van der Waals surface area (Å²) in [6, 6.07) is 11.7. The quantitative estimate of drug-likeness (QED) is 0.498.